The second-order valence-electron chi connectivity index (χ2n) is 3.57. The number of nitrogens with two attached hydrogens (primary N) is 1. The fraction of sp³-hybridized carbons (Fsp3) is 0.500. The van der Waals surface area contributed by atoms with Gasteiger partial charge < -0.3 is 11.1 Å². The van der Waals surface area contributed by atoms with E-state index in [4.69, 9.17) is 5.73 Å². The fourth-order valence-electron chi connectivity index (χ4n) is 1.50. The van der Waals surface area contributed by atoms with Gasteiger partial charge >= 0.3 is 0 Å². The summed E-state index contributed by atoms with van der Waals surface area (Å²) >= 11 is 3.39. The molecule has 2 rings (SSSR count). The van der Waals surface area contributed by atoms with E-state index in [0.29, 0.717) is 6.54 Å². The van der Waals surface area contributed by atoms with Gasteiger partial charge in [0.1, 0.15) is 4.60 Å². The molecule has 5 nitrogen and oxygen atoms in total. The zero-order valence-electron chi connectivity index (χ0n) is 11.1. The first kappa shape index (κ1) is 14.9. The zero-order chi connectivity index (χ0) is 13.5. The van der Waals surface area contributed by atoms with E-state index in [0.717, 1.165) is 34.7 Å². The maximum atomic E-state index is 5.45. The Labute approximate surface area is 116 Å². The minimum absolute atomic E-state index is 0.671. The molecule has 0 fully saturated rings. The summed E-state index contributed by atoms with van der Waals surface area (Å²) in [5.41, 5.74) is 7.38. The lowest BCUT2D eigenvalue weighted by Crippen LogP contribution is -2.10. The Hall–Kier alpha value is -1.14. The lowest BCUT2D eigenvalue weighted by molar-refractivity contribution is 0.868. The van der Waals surface area contributed by atoms with Gasteiger partial charge in [-0.15, -0.1) is 0 Å². The highest BCUT2D eigenvalue weighted by molar-refractivity contribution is 9.10. The van der Waals surface area contributed by atoms with Gasteiger partial charge in [0.15, 0.2) is 11.5 Å². The molecule has 0 aliphatic carbocycles. The molecule has 0 amide bonds. The first-order chi connectivity index (χ1) is 8.72. The molecule has 18 heavy (non-hydrogen) atoms. The molecule has 100 valence electrons. The van der Waals surface area contributed by atoms with E-state index < -0.39 is 0 Å². The maximum absolute atomic E-state index is 5.45. The molecule has 2 heterocycles. The molecule has 0 aliphatic heterocycles. The van der Waals surface area contributed by atoms with Crippen molar-refractivity contribution in [2.24, 2.45) is 5.73 Å². The fourth-order valence-corrected chi connectivity index (χ4v) is 1.89. The minimum atomic E-state index is 0.671. The lowest BCUT2D eigenvalue weighted by Gasteiger charge is -2.07. The van der Waals surface area contributed by atoms with Crippen molar-refractivity contribution in [3.63, 3.8) is 0 Å². The van der Waals surface area contributed by atoms with E-state index in [1.54, 1.807) is 0 Å². The highest BCUT2D eigenvalue weighted by atomic mass is 79.9. The van der Waals surface area contributed by atoms with E-state index in [1.807, 2.05) is 37.6 Å². The Morgan fingerprint density at radius 2 is 2.17 bits per heavy atom. The first-order valence-corrected chi connectivity index (χ1v) is 6.96. The number of fused-ring (bicyclic) bond motifs is 1. The summed E-state index contributed by atoms with van der Waals surface area (Å²) < 4.78 is 2.79. The topological polar surface area (TPSA) is 68.2 Å². The Morgan fingerprint density at radius 3 is 2.83 bits per heavy atom. The van der Waals surface area contributed by atoms with Crippen LogP contribution in [-0.4, -0.2) is 27.5 Å². The highest BCUT2D eigenvalue weighted by Crippen LogP contribution is 2.18. The minimum Gasteiger partial charge on any atom is -0.367 e. The van der Waals surface area contributed by atoms with Gasteiger partial charge in [0.25, 0.3) is 0 Å². The smallest absolute Gasteiger partial charge is 0.180 e. The number of aromatic nitrogens is 3. The molecule has 2 aromatic rings. The van der Waals surface area contributed by atoms with Crippen LogP contribution in [0.25, 0.3) is 5.65 Å². The summed E-state index contributed by atoms with van der Waals surface area (Å²) in [5, 5.41) is 3.24. The van der Waals surface area contributed by atoms with Crippen molar-refractivity contribution in [2.45, 2.75) is 27.2 Å². The summed E-state index contributed by atoms with van der Waals surface area (Å²) in [6.45, 7) is 7.49. The van der Waals surface area contributed by atoms with Crippen LogP contribution in [0.1, 0.15) is 26.0 Å². The normalized spacial score (nSPS) is 10.1. The van der Waals surface area contributed by atoms with Crippen LogP contribution in [0.3, 0.4) is 0 Å². The summed E-state index contributed by atoms with van der Waals surface area (Å²) in [7, 11) is 0. The number of nitrogens with zero attached hydrogens (tertiary/aromatic N) is 3. The number of halogens is 1. The quantitative estimate of drug-likeness (QED) is 0.851. The van der Waals surface area contributed by atoms with Crippen LogP contribution in [0.4, 0.5) is 5.82 Å². The Kier molecular flexibility index (Phi) is 6.07. The second kappa shape index (κ2) is 7.33. The molecule has 0 bridgehead atoms. The molecule has 2 aromatic heterocycles. The molecule has 6 heteroatoms. The Balaban J connectivity index is 0.000000771. The summed E-state index contributed by atoms with van der Waals surface area (Å²) in [6.07, 6.45) is 4.66. The average Bonchev–Trinajstić information content (AvgIpc) is 2.74. The van der Waals surface area contributed by atoms with Gasteiger partial charge in [-0.05, 0) is 35.8 Å². The molecule has 0 radical (unpaired) electrons. The molecule has 0 spiro atoms. The van der Waals surface area contributed by atoms with E-state index in [2.05, 4.69) is 31.2 Å². The van der Waals surface area contributed by atoms with Crippen LogP contribution in [0.15, 0.2) is 17.0 Å². The predicted octanol–water partition coefficient (Wildman–Crippen LogP) is 2.59. The molecule has 0 unspecified atom stereocenters. The number of anilines is 1. The van der Waals surface area contributed by atoms with Crippen molar-refractivity contribution in [3.8, 4) is 0 Å². The maximum Gasteiger partial charge on any atom is 0.180 e. The van der Waals surface area contributed by atoms with E-state index in [9.17, 15) is 0 Å². The SMILES string of the molecule is CC.Cc1cnc2c(NCCCN)nc(Br)cn12. The molecule has 0 aromatic carbocycles. The largest absolute Gasteiger partial charge is 0.367 e. The van der Waals surface area contributed by atoms with Crippen LogP contribution in [-0.2, 0) is 0 Å². The number of aryl methyl sites for hydroxylation is 1. The molecule has 3 N–H and O–H groups in total. The molecule has 0 aliphatic rings. The molecule has 0 saturated carbocycles. The number of hydrogen-bond donors (Lipinski definition) is 2. The van der Waals surface area contributed by atoms with Gasteiger partial charge in [0, 0.05) is 24.6 Å². The van der Waals surface area contributed by atoms with Crippen molar-refractivity contribution < 1.29 is 0 Å². The van der Waals surface area contributed by atoms with E-state index in [1.165, 1.54) is 0 Å². The third-order valence-corrected chi connectivity index (χ3v) is 2.70. The number of rotatable bonds is 4. The zero-order valence-corrected chi connectivity index (χ0v) is 12.7. The number of nitrogens with one attached hydrogen (secondary N) is 1. The van der Waals surface area contributed by atoms with Gasteiger partial charge in [-0.3, -0.25) is 4.40 Å². The summed E-state index contributed by atoms with van der Waals surface area (Å²) in [5.74, 6) is 0.788. The van der Waals surface area contributed by atoms with Crippen molar-refractivity contribution in [3.05, 3.63) is 22.7 Å². The third kappa shape index (κ3) is 3.43. The van der Waals surface area contributed by atoms with Crippen molar-refractivity contribution in [1.82, 2.24) is 14.4 Å². The average molecular weight is 314 g/mol. The second-order valence-corrected chi connectivity index (χ2v) is 4.39. The van der Waals surface area contributed by atoms with E-state index in [-0.39, 0.29) is 0 Å². The van der Waals surface area contributed by atoms with Gasteiger partial charge in [-0.25, -0.2) is 9.97 Å². The predicted molar refractivity (Wildman–Crippen MR) is 78.9 cm³/mol. The van der Waals surface area contributed by atoms with Crippen LogP contribution in [0.5, 0.6) is 0 Å². The van der Waals surface area contributed by atoms with Crippen LogP contribution in [0, 0.1) is 6.92 Å². The Bertz CT molecular complexity index is 494. The lowest BCUT2D eigenvalue weighted by atomic mass is 10.4. The number of hydrogen-bond acceptors (Lipinski definition) is 4. The summed E-state index contributed by atoms with van der Waals surface area (Å²) in [4.78, 5) is 8.69. The van der Waals surface area contributed by atoms with Gasteiger partial charge in [-0.2, -0.15) is 0 Å². The van der Waals surface area contributed by atoms with Crippen molar-refractivity contribution in [1.29, 1.82) is 0 Å². The van der Waals surface area contributed by atoms with Gasteiger partial charge in [0.05, 0.1) is 0 Å². The molecular weight excluding hydrogens is 294 g/mol. The highest BCUT2D eigenvalue weighted by Gasteiger charge is 2.07. The standard InChI is InChI=1S/C10H14BrN5.C2H6/c1-7-5-14-10-9(13-4-2-3-12)15-8(11)6-16(7)10;1-2/h5-6H,2-4,12H2,1H3,(H,13,15);1-2H3. The molecule has 0 saturated heterocycles. The van der Waals surface area contributed by atoms with Crippen LogP contribution >= 0.6 is 15.9 Å². The first-order valence-electron chi connectivity index (χ1n) is 6.16. The molecular formula is C12H20BrN5. The monoisotopic (exact) mass is 313 g/mol. The summed E-state index contributed by atoms with van der Waals surface area (Å²) in [6, 6.07) is 0. The van der Waals surface area contributed by atoms with Gasteiger partial charge in [-0.1, -0.05) is 13.8 Å². The number of imidazole rings is 1. The van der Waals surface area contributed by atoms with Crippen molar-refractivity contribution in [2.75, 3.05) is 18.4 Å². The van der Waals surface area contributed by atoms with Crippen molar-refractivity contribution >= 4 is 27.4 Å². The third-order valence-electron chi connectivity index (χ3n) is 2.32. The Morgan fingerprint density at radius 1 is 1.44 bits per heavy atom. The van der Waals surface area contributed by atoms with Crippen LogP contribution in [0.2, 0.25) is 0 Å². The molecule has 0 atom stereocenters. The van der Waals surface area contributed by atoms with E-state index >= 15 is 0 Å². The van der Waals surface area contributed by atoms with Crippen LogP contribution < -0.4 is 11.1 Å². The van der Waals surface area contributed by atoms with Gasteiger partial charge in [0.2, 0.25) is 0 Å².